The molecule has 1 saturated heterocycles. The number of nitrogens with one attached hydrogen (secondary N) is 3. The summed E-state index contributed by atoms with van der Waals surface area (Å²) in [5.41, 5.74) is 4.93. The second-order valence-electron chi connectivity index (χ2n) is 11.4. The third kappa shape index (κ3) is 6.35. The van der Waals surface area contributed by atoms with Crippen LogP contribution in [-0.4, -0.2) is 27.9 Å². The number of piperidine rings is 1. The topological polar surface area (TPSA) is 71.0 Å². The lowest BCUT2D eigenvalue weighted by atomic mass is 9.83. The van der Waals surface area contributed by atoms with E-state index < -0.39 is 0 Å². The molecule has 6 heteroatoms. The quantitative estimate of drug-likeness (QED) is 0.357. The van der Waals surface area contributed by atoms with Crippen molar-refractivity contribution in [2.24, 2.45) is 5.92 Å². The average molecular weight is 488 g/mol. The third-order valence-electron chi connectivity index (χ3n) is 7.09. The molecule has 1 aliphatic rings. The number of hydrogen-bond acceptors (Lipinski definition) is 3. The molecule has 4 rings (SSSR count). The Bertz CT molecular complexity index is 1170. The van der Waals surface area contributed by atoms with Gasteiger partial charge < -0.3 is 10.6 Å². The van der Waals surface area contributed by atoms with Crippen molar-refractivity contribution in [2.75, 3.05) is 10.6 Å². The van der Waals surface area contributed by atoms with E-state index in [9.17, 15) is 4.79 Å². The Labute approximate surface area is 215 Å². The first-order valence-electron chi connectivity index (χ1n) is 13.2. The first-order valence-corrected chi connectivity index (χ1v) is 13.2. The van der Waals surface area contributed by atoms with Gasteiger partial charge in [-0.2, -0.15) is 5.10 Å². The number of aryl methyl sites for hydroxylation is 1. The van der Waals surface area contributed by atoms with Gasteiger partial charge in [0.15, 0.2) is 0 Å². The molecule has 192 valence electrons. The van der Waals surface area contributed by atoms with Gasteiger partial charge in [0, 0.05) is 29.3 Å². The van der Waals surface area contributed by atoms with Crippen LogP contribution >= 0.6 is 0 Å². The lowest BCUT2D eigenvalue weighted by Crippen LogP contribution is -2.44. The molecule has 2 amide bonds. The van der Waals surface area contributed by atoms with Gasteiger partial charge in [-0.05, 0) is 69.2 Å². The van der Waals surface area contributed by atoms with Crippen molar-refractivity contribution in [3.05, 3.63) is 71.4 Å². The summed E-state index contributed by atoms with van der Waals surface area (Å²) in [6.45, 7) is 13.0. The van der Waals surface area contributed by atoms with Gasteiger partial charge in [-0.25, -0.2) is 9.48 Å². The number of nitrogens with zero attached hydrogens (tertiary/aromatic N) is 2. The fourth-order valence-electron chi connectivity index (χ4n) is 5.11. The molecule has 0 radical (unpaired) electrons. The monoisotopic (exact) mass is 487 g/mol. The zero-order valence-corrected chi connectivity index (χ0v) is 22.6. The van der Waals surface area contributed by atoms with Crippen molar-refractivity contribution in [3.63, 3.8) is 0 Å². The number of hydrogen-bond donors (Lipinski definition) is 3. The molecule has 0 aliphatic carbocycles. The normalized spacial score (nSPS) is 20.2. The molecule has 3 aromatic rings. The van der Waals surface area contributed by atoms with Crippen molar-refractivity contribution in [1.82, 2.24) is 15.1 Å². The Morgan fingerprint density at radius 3 is 2.50 bits per heavy atom. The van der Waals surface area contributed by atoms with Crippen LogP contribution in [0.1, 0.15) is 70.7 Å². The predicted molar refractivity (Wildman–Crippen MR) is 149 cm³/mol. The summed E-state index contributed by atoms with van der Waals surface area (Å²) in [5, 5.41) is 14.7. The predicted octanol–water partition coefficient (Wildman–Crippen LogP) is 6.83. The first-order chi connectivity index (χ1) is 17.1. The second kappa shape index (κ2) is 10.9. The Hall–Kier alpha value is -3.12. The highest BCUT2D eigenvalue weighted by atomic mass is 16.2. The standard InChI is InChI=1S/C30H41N5O/c1-7-24-18-22(16-21(3)31-24)17-23-10-8-9-11-26(23)32-29(36)33-28-19-27(30(4,5)6)34-35(28)25-14-12-20(2)13-15-25/h8-15,19,21-22,24,31H,7,16-18H2,1-6H3,(H2,32,33,36). The molecule has 3 N–H and O–H groups in total. The van der Waals surface area contributed by atoms with Crippen LogP contribution in [0.4, 0.5) is 16.3 Å². The summed E-state index contributed by atoms with van der Waals surface area (Å²) in [4.78, 5) is 13.2. The molecular weight excluding hydrogens is 446 g/mol. The Balaban J connectivity index is 1.52. The highest BCUT2D eigenvalue weighted by Crippen LogP contribution is 2.29. The SMILES string of the molecule is CCC1CC(Cc2ccccc2NC(=O)Nc2cc(C(C)(C)C)nn2-c2ccc(C)cc2)CC(C)N1. The van der Waals surface area contributed by atoms with E-state index in [0.29, 0.717) is 23.8 Å². The van der Waals surface area contributed by atoms with Gasteiger partial charge in [-0.3, -0.25) is 5.32 Å². The maximum atomic E-state index is 13.2. The average Bonchev–Trinajstić information content (AvgIpc) is 3.24. The molecule has 2 aromatic carbocycles. The van der Waals surface area contributed by atoms with Gasteiger partial charge in [0.25, 0.3) is 0 Å². The van der Waals surface area contributed by atoms with E-state index in [1.165, 1.54) is 17.5 Å². The number of amides is 2. The van der Waals surface area contributed by atoms with Crippen LogP contribution in [0.5, 0.6) is 0 Å². The lowest BCUT2D eigenvalue weighted by Gasteiger charge is -2.34. The fourth-order valence-corrected chi connectivity index (χ4v) is 5.11. The number of carbonyl (C=O) groups excluding carboxylic acids is 1. The van der Waals surface area contributed by atoms with Crippen molar-refractivity contribution in [1.29, 1.82) is 0 Å². The van der Waals surface area contributed by atoms with Crippen molar-refractivity contribution in [3.8, 4) is 5.69 Å². The summed E-state index contributed by atoms with van der Waals surface area (Å²) < 4.78 is 1.81. The zero-order valence-electron chi connectivity index (χ0n) is 22.6. The second-order valence-corrected chi connectivity index (χ2v) is 11.4. The maximum absolute atomic E-state index is 13.2. The van der Waals surface area contributed by atoms with Crippen LogP contribution < -0.4 is 16.0 Å². The summed E-state index contributed by atoms with van der Waals surface area (Å²) in [5.74, 6) is 1.26. The van der Waals surface area contributed by atoms with E-state index in [1.807, 2.05) is 35.0 Å². The van der Waals surface area contributed by atoms with Gasteiger partial charge in [-0.15, -0.1) is 0 Å². The molecule has 0 saturated carbocycles. The molecule has 3 unspecified atom stereocenters. The number of rotatable bonds is 6. The first kappa shape index (κ1) is 26.0. The van der Waals surface area contributed by atoms with Crippen LogP contribution in [0.15, 0.2) is 54.6 Å². The summed E-state index contributed by atoms with van der Waals surface area (Å²) >= 11 is 0. The summed E-state index contributed by atoms with van der Waals surface area (Å²) in [6, 6.07) is 19.1. The molecule has 1 aromatic heterocycles. The summed E-state index contributed by atoms with van der Waals surface area (Å²) in [6.07, 6.45) is 4.44. The highest BCUT2D eigenvalue weighted by Gasteiger charge is 2.26. The number of aromatic nitrogens is 2. The lowest BCUT2D eigenvalue weighted by molar-refractivity contribution is 0.246. The molecule has 36 heavy (non-hydrogen) atoms. The van der Waals surface area contributed by atoms with E-state index in [-0.39, 0.29) is 11.4 Å². The molecule has 1 aliphatic heterocycles. The van der Waals surface area contributed by atoms with Crippen LogP contribution in [0.2, 0.25) is 0 Å². The Morgan fingerprint density at radius 2 is 1.81 bits per heavy atom. The molecule has 0 bridgehead atoms. The van der Waals surface area contributed by atoms with E-state index in [0.717, 1.165) is 36.3 Å². The molecule has 1 fully saturated rings. The van der Waals surface area contributed by atoms with E-state index >= 15 is 0 Å². The van der Waals surface area contributed by atoms with Crippen molar-refractivity contribution < 1.29 is 4.79 Å². The van der Waals surface area contributed by atoms with E-state index in [1.54, 1.807) is 0 Å². The molecule has 2 heterocycles. The minimum atomic E-state index is -0.263. The minimum absolute atomic E-state index is 0.141. The molecule has 6 nitrogen and oxygen atoms in total. The minimum Gasteiger partial charge on any atom is -0.311 e. The van der Waals surface area contributed by atoms with E-state index in [4.69, 9.17) is 5.10 Å². The number of anilines is 2. The Morgan fingerprint density at radius 1 is 1.08 bits per heavy atom. The van der Waals surface area contributed by atoms with Gasteiger partial charge in [0.05, 0.1) is 11.4 Å². The maximum Gasteiger partial charge on any atom is 0.324 e. The molecular formula is C30H41N5O. The smallest absolute Gasteiger partial charge is 0.311 e. The van der Waals surface area contributed by atoms with Gasteiger partial charge >= 0.3 is 6.03 Å². The molecule has 3 atom stereocenters. The number of benzene rings is 2. The van der Waals surface area contributed by atoms with Gasteiger partial charge in [0.1, 0.15) is 5.82 Å². The van der Waals surface area contributed by atoms with Crippen molar-refractivity contribution >= 4 is 17.5 Å². The summed E-state index contributed by atoms with van der Waals surface area (Å²) in [7, 11) is 0. The van der Waals surface area contributed by atoms with Gasteiger partial charge in [-0.1, -0.05) is 63.6 Å². The van der Waals surface area contributed by atoms with Crippen molar-refractivity contribution in [2.45, 2.75) is 84.7 Å². The Kier molecular flexibility index (Phi) is 7.84. The van der Waals surface area contributed by atoms with Gasteiger partial charge in [0.2, 0.25) is 0 Å². The largest absolute Gasteiger partial charge is 0.324 e. The van der Waals surface area contributed by atoms with E-state index in [2.05, 4.69) is 81.8 Å². The number of carbonyl (C=O) groups is 1. The third-order valence-corrected chi connectivity index (χ3v) is 7.09. The van der Waals surface area contributed by atoms with Crippen LogP contribution in [0.3, 0.4) is 0 Å². The van der Waals surface area contributed by atoms with Crippen LogP contribution in [-0.2, 0) is 11.8 Å². The number of urea groups is 1. The zero-order chi connectivity index (χ0) is 25.9. The fraction of sp³-hybridized carbons (Fsp3) is 0.467. The van der Waals surface area contributed by atoms with Crippen LogP contribution in [0, 0.1) is 12.8 Å². The highest BCUT2D eigenvalue weighted by molar-refractivity contribution is 6.00. The van der Waals surface area contributed by atoms with Crippen LogP contribution in [0.25, 0.3) is 5.69 Å². The number of para-hydroxylation sites is 1. The molecule has 0 spiro atoms.